The summed E-state index contributed by atoms with van der Waals surface area (Å²) in [5.41, 5.74) is 4.18. The molecule has 6 heteroatoms. The topological polar surface area (TPSA) is 66.8 Å². The number of nitrogens with zero attached hydrogens (tertiary/aromatic N) is 1. The Hall–Kier alpha value is -3.31. The Labute approximate surface area is 217 Å². The third-order valence-corrected chi connectivity index (χ3v) is 6.78. The van der Waals surface area contributed by atoms with Crippen molar-refractivity contribution in [2.75, 3.05) is 6.54 Å². The Kier molecular flexibility index (Phi) is 7.14. The zero-order valence-electron chi connectivity index (χ0n) is 21.2. The number of carboxylic acid groups (broad SMARTS) is 1. The maximum Gasteiger partial charge on any atom is 0.323 e. The van der Waals surface area contributed by atoms with E-state index in [1.807, 2.05) is 60.7 Å². The minimum atomic E-state index is -1.05. The number of benzene rings is 3. The highest BCUT2D eigenvalue weighted by atomic mass is 35.5. The highest BCUT2D eigenvalue weighted by Gasteiger charge is 2.35. The predicted molar refractivity (Wildman–Crippen MR) is 142 cm³/mol. The van der Waals surface area contributed by atoms with Crippen molar-refractivity contribution < 1.29 is 19.4 Å². The highest BCUT2D eigenvalue weighted by molar-refractivity contribution is 6.30. The summed E-state index contributed by atoms with van der Waals surface area (Å²) in [6.45, 7) is 8.32. The maximum atomic E-state index is 13.4. The van der Waals surface area contributed by atoms with E-state index in [4.69, 9.17) is 16.3 Å². The largest absolute Gasteiger partial charge is 0.487 e. The number of ether oxygens (including phenoxy) is 1. The third-order valence-electron chi connectivity index (χ3n) is 6.53. The van der Waals surface area contributed by atoms with Gasteiger partial charge in [-0.15, -0.1) is 0 Å². The second-order valence-corrected chi connectivity index (χ2v) is 11.3. The normalized spacial score (nSPS) is 16.8. The smallest absolute Gasteiger partial charge is 0.323 e. The molecule has 0 saturated heterocycles. The van der Waals surface area contributed by atoms with Crippen LogP contribution < -0.4 is 4.74 Å². The fourth-order valence-corrected chi connectivity index (χ4v) is 4.79. The van der Waals surface area contributed by atoms with Gasteiger partial charge in [-0.1, -0.05) is 68.8 Å². The molecule has 1 N–H and O–H groups in total. The van der Waals surface area contributed by atoms with E-state index in [1.165, 1.54) is 10.5 Å². The lowest BCUT2D eigenvalue weighted by atomic mass is 9.87. The lowest BCUT2D eigenvalue weighted by Gasteiger charge is -2.24. The molecule has 0 aromatic heterocycles. The molecule has 1 unspecified atom stereocenters. The SMILES string of the molecule is CC1(Cc2ccc(Cl)cc2)Cc2cc(C(=O)N(CC(=O)O)Cc3ccc(C(C)(C)C)cc3)ccc2O1. The van der Waals surface area contributed by atoms with Crippen LogP contribution in [-0.2, 0) is 29.6 Å². The Bertz CT molecular complexity index is 1260. The molecular weight excluding hydrogens is 474 g/mol. The van der Waals surface area contributed by atoms with E-state index in [2.05, 4.69) is 27.7 Å². The summed E-state index contributed by atoms with van der Waals surface area (Å²) >= 11 is 6.01. The maximum absolute atomic E-state index is 13.4. The zero-order valence-corrected chi connectivity index (χ0v) is 21.9. The van der Waals surface area contributed by atoms with Gasteiger partial charge >= 0.3 is 5.97 Å². The van der Waals surface area contributed by atoms with Gasteiger partial charge in [-0.05, 0) is 64.9 Å². The number of rotatable bonds is 7. The predicted octanol–water partition coefficient (Wildman–Crippen LogP) is 6.30. The first kappa shape index (κ1) is 25.8. The average molecular weight is 506 g/mol. The molecule has 0 spiro atoms. The summed E-state index contributed by atoms with van der Waals surface area (Å²) in [6, 6.07) is 21.1. The molecule has 1 aliphatic heterocycles. The second kappa shape index (κ2) is 9.98. The minimum absolute atomic E-state index is 0.0175. The van der Waals surface area contributed by atoms with Crippen molar-refractivity contribution in [1.29, 1.82) is 0 Å². The lowest BCUT2D eigenvalue weighted by Crippen LogP contribution is -2.35. The fraction of sp³-hybridized carbons (Fsp3) is 0.333. The summed E-state index contributed by atoms with van der Waals surface area (Å²) in [5.74, 6) is -0.605. The highest BCUT2D eigenvalue weighted by Crippen LogP contribution is 2.38. The van der Waals surface area contributed by atoms with E-state index in [0.717, 1.165) is 22.4 Å². The number of halogens is 1. The Morgan fingerprint density at radius 3 is 2.25 bits per heavy atom. The van der Waals surface area contributed by atoms with Crippen molar-refractivity contribution in [2.24, 2.45) is 0 Å². The number of carbonyl (C=O) groups is 2. The molecule has 188 valence electrons. The quantitative estimate of drug-likeness (QED) is 0.409. The van der Waals surface area contributed by atoms with Crippen molar-refractivity contribution in [3.8, 4) is 5.75 Å². The van der Waals surface area contributed by atoms with E-state index in [9.17, 15) is 14.7 Å². The summed E-state index contributed by atoms with van der Waals surface area (Å²) in [7, 11) is 0. The van der Waals surface area contributed by atoms with Crippen LogP contribution in [0.4, 0.5) is 0 Å². The van der Waals surface area contributed by atoms with Crippen LogP contribution in [0.5, 0.6) is 5.75 Å². The molecule has 3 aromatic carbocycles. The molecule has 1 amide bonds. The van der Waals surface area contributed by atoms with Gasteiger partial charge in [0.25, 0.3) is 5.91 Å². The summed E-state index contributed by atoms with van der Waals surface area (Å²) in [5, 5.41) is 10.2. The van der Waals surface area contributed by atoms with Gasteiger partial charge in [0.2, 0.25) is 0 Å². The van der Waals surface area contributed by atoms with E-state index >= 15 is 0 Å². The van der Waals surface area contributed by atoms with Crippen LogP contribution in [0.25, 0.3) is 0 Å². The van der Waals surface area contributed by atoms with Gasteiger partial charge in [-0.25, -0.2) is 0 Å². The van der Waals surface area contributed by atoms with Gasteiger partial charge in [0.05, 0.1) is 0 Å². The molecule has 0 fully saturated rings. The first-order chi connectivity index (χ1) is 16.9. The molecular formula is C30H32ClNO4. The summed E-state index contributed by atoms with van der Waals surface area (Å²) in [6.07, 6.45) is 1.36. The van der Waals surface area contributed by atoms with Crippen molar-refractivity contribution in [3.63, 3.8) is 0 Å². The van der Waals surface area contributed by atoms with Crippen LogP contribution in [0.2, 0.25) is 5.02 Å². The average Bonchev–Trinajstić information content (AvgIpc) is 3.14. The van der Waals surface area contributed by atoms with Gasteiger partial charge in [-0.2, -0.15) is 0 Å². The molecule has 36 heavy (non-hydrogen) atoms. The monoisotopic (exact) mass is 505 g/mol. The van der Waals surface area contributed by atoms with Crippen LogP contribution in [0.3, 0.4) is 0 Å². The van der Waals surface area contributed by atoms with E-state index in [0.29, 0.717) is 23.4 Å². The van der Waals surface area contributed by atoms with E-state index < -0.39 is 11.6 Å². The molecule has 0 aliphatic carbocycles. The molecule has 0 radical (unpaired) electrons. The summed E-state index contributed by atoms with van der Waals surface area (Å²) in [4.78, 5) is 26.3. The first-order valence-corrected chi connectivity index (χ1v) is 12.5. The second-order valence-electron chi connectivity index (χ2n) is 10.9. The van der Waals surface area contributed by atoms with Gasteiger partial charge in [0.15, 0.2) is 0 Å². The van der Waals surface area contributed by atoms with E-state index in [1.54, 1.807) is 6.07 Å². The first-order valence-electron chi connectivity index (χ1n) is 12.1. The molecule has 0 bridgehead atoms. The number of fused-ring (bicyclic) bond motifs is 1. The number of carboxylic acids is 1. The number of aliphatic carboxylic acids is 1. The molecule has 3 aromatic rings. The number of hydrogen-bond donors (Lipinski definition) is 1. The van der Waals surface area contributed by atoms with Crippen molar-refractivity contribution >= 4 is 23.5 Å². The molecule has 5 nitrogen and oxygen atoms in total. The lowest BCUT2D eigenvalue weighted by molar-refractivity contribution is -0.137. The van der Waals surface area contributed by atoms with Crippen LogP contribution in [0.15, 0.2) is 66.7 Å². The molecule has 1 heterocycles. The number of carbonyl (C=O) groups excluding carboxylic acids is 1. The fourth-order valence-electron chi connectivity index (χ4n) is 4.66. The molecule has 4 rings (SSSR count). The molecule has 1 atom stereocenters. The van der Waals surface area contributed by atoms with Crippen LogP contribution in [0, 0.1) is 0 Å². The Morgan fingerprint density at radius 1 is 1.00 bits per heavy atom. The van der Waals surface area contributed by atoms with Crippen LogP contribution >= 0.6 is 11.6 Å². The Morgan fingerprint density at radius 2 is 1.64 bits per heavy atom. The van der Waals surface area contributed by atoms with Gasteiger partial charge < -0.3 is 14.7 Å². The van der Waals surface area contributed by atoms with Crippen LogP contribution in [0.1, 0.15) is 60.3 Å². The molecule has 0 saturated carbocycles. The zero-order chi connectivity index (χ0) is 26.1. The van der Waals surface area contributed by atoms with Crippen molar-refractivity contribution in [3.05, 3.63) is 99.6 Å². The standard InChI is InChI=1S/C30H32ClNO4/c1-29(2,3)24-10-5-21(6-11-24)18-32(19-27(33)34)28(35)22-9-14-26-23(15-22)17-30(4,36-26)16-20-7-12-25(31)13-8-20/h5-15H,16-19H2,1-4H3,(H,33,34). The van der Waals surface area contributed by atoms with Gasteiger partial charge in [-0.3, -0.25) is 9.59 Å². The van der Waals surface area contributed by atoms with Crippen molar-refractivity contribution in [1.82, 2.24) is 4.90 Å². The van der Waals surface area contributed by atoms with E-state index in [-0.39, 0.29) is 24.4 Å². The van der Waals surface area contributed by atoms with Gasteiger partial charge in [0.1, 0.15) is 17.9 Å². The van der Waals surface area contributed by atoms with Crippen LogP contribution in [-0.4, -0.2) is 34.0 Å². The molecule has 1 aliphatic rings. The van der Waals surface area contributed by atoms with Gasteiger partial charge in [0, 0.05) is 30.0 Å². The Balaban J connectivity index is 1.51. The number of hydrogen-bond acceptors (Lipinski definition) is 3. The summed E-state index contributed by atoms with van der Waals surface area (Å²) < 4.78 is 6.27. The third kappa shape index (κ3) is 6.08. The van der Waals surface area contributed by atoms with Crippen molar-refractivity contribution in [2.45, 2.75) is 58.1 Å². The minimum Gasteiger partial charge on any atom is -0.487 e. The number of amides is 1.